The molecule has 2 heterocycles. The first-order valence-electron chi connectivity index (χ1n) is 6.02. The molecule has 1 N–H and O–H groups in total. The van der Waals surface area contributed by atoms with Crippen molar-refractivity contribution in [3.05, 3.63) is 58.6 Å². The maximum atomic E-state index is 12.0. The van der Waals surface area contributed by atoms with E-state index in [9.17, 15) is 4.79 Å². The standard InChI is InChI=1S/C14H14ClN3O/c1-2-12-6-11(7-13(15)18-12)14(19)17-9-10-4-3-5-16-8-10/h3-8H,2,9H2,1H3,(H,17,19). The summed E-state index contributed by atoms with van der Waals surface area (Å²) in [7, 11) is 0. The summed E-state index contributed by atoms with van der Waals surface area (Å²) in [4.78, 5) is 20.1. The Morgan fingerprint density at radius 3 is 2.95 bits per heavy atom. The number of amides is 1. The summed E-state index contributed by atoms with van der Waals surface area (Å²) in [5, 5.41) is 3.17. The highest BCUT2D eigenvalue weighted by atomic mass is 35.5. The topological polar surface area (TPSA) is 54.9 Å². The van der Waals surface area contributed by atoms with Crippen molar-refractivity contribution in [3.63, 3.8) is 0 Å². The molecule has 0 aliphatic heterocycles. The third kappa shape index (κ3) is 3.76. The van der Waals surface area contributed by atoms with Crippen LogP contribution in [-0.2, 0) is 13.0 Å². The van der Waals surface area contributed by atoms with Crippen LogP contribution in [0.4, 0.5) is 0 Å². The summed E-state index contributed by atoms with van der Waals surface area (Å²) in [6.45, 7) is 2.41. The number of hydrogen-bond acceptors (Lipinski definition) is 3. The van der Waals surface area contributed by atoms with Crippen molar-refractivity contribution in [1.29, 1.82) is 0 Å². The lowest BCUT2D eigenvalue weighted by Crippen LogP contribution is -2.23. The van der Waals surface area contributed by atoms with Gasteiger partial charge in [0.15, 0.2) is 0 Å². The second-order valence-electron chi connectivity index (χ2n) is 4.07. The summed E-state index contributed by atoms with van der Waals surface area (Å²) in [5.41, 5.74) is 2.28. The fourth-order valence-corrected chi connectivity index (χ4v) is 1.88. The highest BCUT2D eigenvalue weighted by Crippen LogP contribution is 2.11. The average Bonchev–Trinajstić information content (AvgIpc) is 2.45. The van der Waals surface area contributed by atoms with Crippen LogP contribution in [0.5, 0.6) is 0 Å². The fraction of sp³-hybridized carbons (Fsp3) is 0.214. The zero-order valence-corrected chi connectivity index (χ0v) is 11.3. The van der Waals surface area contributed by atoms with Crippen molar-refractivity contribution in [2.24, 2.45) is 0 Å². The van der Waals surface area contributed by atoms with Gasteiger partial charge in [-0.3, -0.25) is 9.78 Å². The molecule has 0 saturated carbocycles. The Labute approximate surface area is 116 Å². The van der Waals surface area contributed by atoms with Gasteiger partial charge in [-0.2, -0.15) is 0 Å². The molecule has 0 bridgehead atoms. The molecule has 0 aliphatic carbocycles. The van der Waals surface area contributed by atoms with Gasteiger partial charge < -0.3 is 5.32 Å². The summed E-state index contributed by atoms with van der Waals surface area (Å²) >= 11 is 5.89. The molecule has 0 atom stereocenters. The molecule has 19 heavy (non-hydrogen) atoms. The molecule has 0 spiro atoms. The molecule has 0 saturated heterocycles. The van der Waals surface area contributed by atoms with Gasteiger partial charge in [0.1, 0.15) is 5.15 Å². The quantitative estimate of drug-likeness (QED) is 0.873. The van der Waals surface area contributed by atoms with Crippen LogP contribution >= 0.6 is 11.6 Å². The van der Waals surface area contributed by atoms with E-state index in [4.69, 9.17) is 11.6 Å². The molecule has 2 aromatic heterocycles. The number of carbonyl (C=O) groups is 1. The molecular formula is C14H14ClN3O. The van der Waals surface area contributed by atoms with Gasteiger partial charge >= 0.3 is 0 Å². The Bertz CT molecular complexity index is 572. The van der Waals surface area contributed by atoms with Crippen molar-refractivity contribution >= 4 is 17.5 Å². The second-order valence-corrected chi connectivity index (χ2v) is 4.45. The van der Waals surface area contributed by atoms with Gasteiger partial charge in [-0.05, 0) is 30.2 Å². The van der Waals surface area contributed by atoms with E-state index in [0.717, 1.165) is 17.7 Å². The van der Waals surface area contributed by atoms with Crippen molar-refractivity contribution in [1.82, 2.24) is 15.3 Å². The number of rotatable bonds is 4. The van der Waals surface area contributed by atoms with Crippen LogP contribution in [0.25, 0.3) is 0 Å². The maximum Gasteiger partial charge on any atom is 0.251 e. The van der Waals surface area contributed by atoms with E-state index in [1.54, 1.807) is 24.5 Å². The van der Waals surface area contributed by atoms with Crippen LogP contribution in [0.2, 0.25) is 5.15 Å². The molecule has 2 rings (SSSR count). The van der Waals surface area contributed by atoms with Crippen LogP contribution in [0.1, 0.15) is 28.5 Å². The van der Waals surface area contributed by atoms with Gasteiger partial charge in [-0.25, -0.2) is 4.98 Å². The van der Waals surface area contributed by atoms with Crippen molar-refractivity contribution in [2.75, 3.05) is 0 Å². The number of aryl methyl sites for hydroxylation is 1. The molecule has 0 aromatic carbocycles. The zero-order chi connectivity index (χ0) is 13.7. The number of hydrogen-bond donors (Lipinski definition) is 1. The molecule has 0 aliphatic rings. The lowest BCUT2D eigenvalue weighted by Gasteiger charge is -2.06. The third-order valence-electron chi connectivity index (χ3n) is 2.65. The predicted octanol–water partition coefficient (Wildman–Crippen LogP) is 2.62. The van der Waals surface area contributed by atoms with Crippen molar-refractivity contribution in [2.45, 2.75) is 19.9 Å². The summed E-state index contributed by atoms with van der Waals surface area (Å²) in [6, 6.07) is 7.06. The molecule has 1 amide bonds. The average molecular weight is 276 g/mol. The first kappa shape index (κ1) is 13.5. The number of nitrogens with zero attached hydrogens (tertiary/aromatic N) is 2. The van der Waals surface area contributed by atoms with Gasteiger partial charge in [-0.15, -0.1) is 0 Å². The lowest BCUT2D eigenvalue weighted by atomic mass is 10.2. The van der Waals surface area contributed by atoms with Crippen LogP contribution in [-0.4, -0.2) is 15.9 Å². The maximum absolute atomic E-state index is 12.0. The molecular weight excluding hydrogens is 262 g/mol. The van der Waals surface area contributed by atoms with E-state index in [1.165, 1.54) is 0 Å². The smallest absolute Gasteiger partial charge is 0.251 e. The fourth-order valence-electron chi connectivity index (χ4n) is 1.65. The molecule has 4 nitrogen and oxygen atoms in total. The van der Waals surface area contributed by atoms with Gasteiger partial charge in [0, 0.05) is 30.2 Å². The van der Waals surface area contributed by atoms with Crippen molar-refractivity contribution < 1.29 is 4.79 Å². The monoisotopic (exact) mass is 275 g/mol. The van der Waals surface area contributed by atoms with Gasteiger partial charge in [0.2, 0.25) is 0 Å². The number of pyridine rings is 2. The van der Waals surface area contributed by atoms with Gasteiger partial charge in [-0.1, -0.05) is 24.6 Å². The van der Waals surface area contributed by atoms with Crippen LogP contribution in [0.15, 0.2) is 36.7 Å². The SMILES string of the molecule is CCc1cc(C(=O)NCc2cccnc2)cc(Cl)n1. The van der Waals surface area contributed by atoms with Crippen molar-refractivity contribution in [3.8, 4) is 0 Å². The first-order valence-corrected chi connectivity index (χ1v) is 6.40. The zero-order valence-electron chi connectivity index (χ0n) is 10.6. The molecule has 0 fully saturated rings. The van der Waals surface area contributed by atoms with E-state index < -0.39 is 0 Å². The molecule has 0 unspecified atom stereocenters. The number of nitrogens with one attached hydrogen (secondary N) is 1. The van der Waals surface area contributed by atoms with Gasteiger partial charge in [0.05, 0.1) is 0 Å². The Morgan fingerprint density at radius 2 is 2.26 bits per heavy atom. The highest BCUT2D eigenvalue weighted by Gasteiger charge is 2.08. The molecule has 2 aromatic rings. The summed E-state index contributed by atoms with van der Waals surface area (Å²) < 4.78 is 0. The van der Waals surface area contributed by atoms with E-state index in [1.807, 2.05) is 19.1 Å². The number of carbonyl (C=O) groups excluding carboxylic acids is 1. The lowest BCUT2D eigenvalue weighted by molar-refractivity contribution is 0.0950. The first-order chi connectivity index (χ1) is 9.19. The Hall–Kier alpha value is -1.94. The predicted molar refractivity (Wildman–Crippen MR) is 74.0 cm³/mol. The Balaban J connectivity index is 2.06. The van der Waals surface area contributed by atoms with Crippen LogP contribution < -0.4 is 5.32 Å². The van der Waals surface area contributed by atoms with Crippen LogP contribution in [0.3, 0.4) is 0 Å². The Morgan fingerprint density at radius 1 is 1.42 bits per heavy atom. The van der Waals surface area contributed by atoms with Crippen LogP contribution in [0, 0.1) is 0 Å². The number of aromatic nitrogens is 2. The minimum atomic E-state index is -0.164. The van der Waals surface area contributed by atoms with E-state index in [0.29, 0.717) is 17.3 Å². The molecule has 5 heteroatoms. The Kier molecular flexibility index (Phi) is 4.47. The summed E-state index contributed by atoms with van der Waals surface area (Å²) in [5.74, 6) is -0.164. The number of halogens is 1. The van der Waals surface area contributed by atoms with E-state index in [2.05, 4.69) is 15.3 Å². The van der Waals surface area contributed by atoms with E-state index in [-0.39, 0.29) is 5.91 Å². The minimum Gasteiger partial charge on any atom is -0.348 e. The largest absolute Gasteiger partial charge is 0.348 e. The highest BCUT2D eigenvalue weighted by molar-refractivity contribution is 6.29. The van der Waals surface area contributed by atoms with E-state index >= 15 is 0 Å². The normalized spacial score (nSPS) is 10.2. The summed E-state index contributed by atoms with van der Waals surface area (Å²) in [6.07, 6.45) is 4.15. The molecule has 0 radical (unpaired) electrons. The molecule has 98 valence electrons. The third-order valence-corrected chi connectivity index (χ3v) is 2.84. The second kappa shape index (κ2) is 6.29. The van der Waals surface area contributed by atoms with Gasteiger partial charge in [0.25, 0.3) is 5.91 Å². The minimum absolute atomic E-state index is 0.164.